The molecule has 5 fully saturated rings. The van der Waals surface area contributed by atoms with Crippen molar-refractivity contribution in [2.45, 2.75) is 30.1 Å². The molecule has 0 unspecified atom stereocenters. The SMILES string of the molecule is O=C(NO)c1ccc(N2CC34CC2(CN3c2cccc(C(F)(F)F)c2)C4)cc1. The largest absolute Gasteiger partial charge is 0.416 e. The lowest BCUT2D eigenvalue weighted by Gasteiger charge is -2.37. The fraction of sp³-hybridized carbons (Fsp3) is 0.350. The van der Waals surface area contributed by atoms with Crippen molar-refractivity contribution in [2.75, 3.05) is 22.9 Å². The minimum Gasteiger partial charge on any atom is -0.362 e. The first-order valence-electron chi connectivity index (χ1n) is 9.04. The number of nitrogens with one attached hydrogen (secondary N) is 1. The average Bonchev–Trinajstić information content (AvgIpc) is 3.36. The summed E-state index contributed by atoms with van der Waals surface area (Å²) in [5, 5.41) is 8.72. The van der Waals surface area contributed by atoms with Crippen LogP contribution in [0, 0.1) is 0 Å². The molecule has 0 aromatic heterocycles. The van der Waals surface area contributed by atoms with Crippen LogP contribution in [0.5, 0.6) is 0 Å². The number of hydrogen-bond donors (Lipinski definition) is 2. The Balaban J connectivity index is 1.39. The predicted octanol–water partition coefficient (Wildman–Crippen LogP) is 3.44. The molecule has 5 aliphatic rings. The number of halogens is 3. The van der Waals surface area contributed by atoms with Crippen LogP contribution in [0.3, 0.4) is 0 Å². The van der Waals surface area contributed by atoms with E-state index in [9.17, 15) is 18.0 Å². The minimum atomic E-state index is -4.34. The topological polar surface area (TPSA) is 55.8 Å². The summed E-state index contributed by atoms with van der Waals surface area (Å²) in [6.07, 6.45) is -2.49. The molecule has 0 radical (unpaired) electrons. The number of hydroxylamine groups is 1. The summed E-state index contributed by atoms with van der Waals surface area (Å²) in [5.41, 5.74) is 2.76. The number of anilines is 2. The van der Waals surface area contributed by atoms with Gasteiger partial charge in [-0.05, 0) is 55.3 Å². The van der Waals surface area contributed by atoms with Crippen LogP contribution in [-0.2, 0) is 6.18 Å². The van der Waals surface area contributed by atoms with Crippen LogP contribution in [0.25, 0.3) is 0 Å². The van der Waals surface area contributed by atoms with Gasteiger partial charge in [0.1, 0.15) is 0 Å². The molecule has 8 heteroatoms. The maximum atomic E-state index is 13.1. The van der Waals surface area contributed by atoms with Crippen molar-refractivity contribution in [3.63, 3.8) is 0 Å². The lowest BCUT2D eigenvalue weighted by Crippen LogP contribution is -2.46. The standard InChI is InChI=1S/C20H18F3N3O2/c21-20(22,23)14-2-1-3-16(8-14)26-12-18-9-19(26,10-18)11-25(18)15-6-4-13(5-7-15)17(27)24-28/h1-8,28H,9-12H2,(H,24,27). The minimum absolute atomic E-state index is 0.0744. The van der Waals surface area contributed by atoms with E-state index in [2.05, 4.69) is 9.80 Å². The second kappa shape index (κ2) is 5.41. The summed E-state index contributed by atoms with van der Waals surface area (Å²) in [4.78, 5) is 15.9. The highest BCUT2D eigenvalue weighted by molar-refractivity contribution is 5.93. The highest BCUT2D eigenvalue weighted by atomic mass is 19.4. The monoisotopic (exact) mass is 389 g/mol. The Morgan fingerprint density at radius 1 is 0.964 bits per heavy atom. The molecule has 4 heterocycles. The van der Waals surface area contributed by atoms with Crippen LogP contribution in [0.1, 0.15) is 28.8 Å². The molecular weight excluding hydrogens is 371 g/mol. The summed E-state index contributed by atoms with van der Waals surface area (Å²) < 4.78 is 39.2. The zero-order valence-electron chi connectivity index (χ0n) is 14.8. The zero-order chi connectivity index (χ0) is 19.7. The van der Waals surface area contributed by atoms with E-state index < -0.39 is 17.6 Å². The van der Waals surface area contributed by atoms with Crippen LogP contribution in [0.15, 0.2) is 48.5 Å². The van der Waals surface area contributed by atoms with Gasteiger partial charge in [-0.2, -0.15) is 13.2 Å². The third-order valence-corrected chi connectivity index (χ3v) is 6.39. The second-order valence-corrected chi connectivity index (χ2v) is 8.01. The number of carbonyl (C=O) groups is 1. The molecular formula is C20H18F3N3O2. The van der Waals surface area contributed by atoms with Crippen molar-refractivity contribution in [2.24, 2.45) is 0 Å². The Morgan fingerprint density at radius 3 is 2.11 bits per heavy atom. The molecule has 2 N–H and O–H groups in total. The fourth-order valence-corrected chi connectivity index (χ4v) is 5.31. The van der Waals surface area contributed by atoms with Crippen molar-refractivity contribution in [3.8, 4) is 0 Å². The van der Waals surface area contributed by atoms with Gasteiger partial charge in [0.25, 0.3) is 5.91 Å². The van der Waals surface area contributed by atoms with Gasteiger partial charge in [0.05, 0.1) is 16.6 Å². The number of nitrogens with zero attached hydrogens (tertiary/aromatic N) is 2. The van der Waals surface area contributed by atoms with Gasteiger partial charge in [-0.1, -0.05) is 6.07 Å². The Hall–Kier alpha value is -2.74. The Kier molecular flexibility index (Phi) is 3.35. The molecule has 7 rings (SSSR count). The summed E-state index contributed by atoms with van der Waals surface area (Å²) in [6.45, 7) is 1.43. The lowest BCUT2D eigenvalue weighted by atomic mass is 9.73. The Labute approximate surface area is 159 Å². The lowest BCUT2D eigenvalue weighted by molar-refractivity contribution is -0.137. The van der Waals surface area contributed by atoms with Gasteiger partial charge in [-0.15, -0.1) is 0 Å². The number of amides is 1. The molecule has 1 saturated carbocycles. The van der Waals surface area contributed by atoms with E-state index in [1.807, 2.05) is 12.1 Å². The highest BCUT2D eigenvalue weighted by Gasteiger charge is 2.74. The van der Waals surface area contributed by atoms with Crippen LogP contribution in [0.4, 0.5) is 24.5 Å². The number of hydrogen-bond acceptors (Lipinski definition) is 4. The molecule has 146 valence electrons. The van der Waals surface area contributed by atoms with Gasteiger partial charge in [-0.3, -0.25) is 10.0 Å². The van der Waals surface area contributed by atoms with E-state index in [0.29, 0.717) is 17.8 Å². The summed E-state index contributed by atoms with van der Waals surface area (Å²) >= 11 is 0. The number of piperazine rings is 1. The number of benzene rings is 2. The van der Waals surface area contributed by atoms with Crippen molar-refractivity contribution < 1.29 is 23.2 Å². The maximum Gasteiger partial charge on any atom is 0.416 e. The van der Waals surface area contributed by atoms with Gasteiger partial charge in [0.2, 0.25) is 0 Å². The van der Waals surface area contributed by atoms with E-state index in [0.717, 1.165) is 31.1 Å². The third kappa shape index (κ3) is 2.27. The van der Waals surface area contributed by atoms with Gasteiger partial charge < -0.3 is 9.80 Å². The Morgan fingerprint density at radius 2 is 1.57 bits per heavy atom. The first-order chi connectivity index (χ1) is 13.3. The van der Waals surface area contributed by atoms with E-state index in [4.69, 9.17) is 5.21 Å². The van der Waals surface area contributed by atoms with Crippen molar-refractivity contribution in [1.29, 1.82) is 0 Å². The predicted molar refractivity (Wildman–Crippen MR) is 96.5 cm³/mol. The molecule has 2 aromatic rings. The van der Waals surface area contributed by atoms with Gasteiger partial charge in [-0.25, -0.2) is 5.48 Å². The smallest absolute Gasteiger partial charge is 0.362 e. The molecule has 0 atom stereocenters. The normalized spacial score (nSPS) is 27.7. The molecule has 2 bridgehead atoms. The average molecular weight is 389 g/mol. The van der Waals surface area contributed by atoms with E-state index in [-0.39, 0.29) is 11.1 Å². The van der Waals surface area contributed by atoms with E-state index in [1.165, 1.54) is 12.1 Å². The van der Waals surface area contributed by atoms with E-state index in [1.54, 1.807) is 23.7 Å². The van der Waals surface area contributed by atoms with Crippen LogP contribution < -0.4 is 15.3 Å². The summed E-state index contributed by atoms with van der Waals surface area (Å²) in [7, 11) is 0. The van der Waals surface area contributed by atoms with Crippen molar-refractivity contribution in [3.05, 3.63) is 59.7 Å². The third-order valence-electron chi connectivity index (χ3n) is 6.39. The molecule has 1 amide bonds. The first kappa shape index (κ1) is 17.4. The number of carbonyl (C=O) groups excluding carboxylic acids is 1. The van der Waals surface area contributed by atoms with Crippen molar-refractivity contribution in [1.82, 2.24) is 5.48 Å². The molecule has 28 heavy (non-hydrogen) atoms. The molecule has 4 aliphatic heterocycles. The number of rotatable bonds is 3. The van der Waals surface area contributed by atoms with Gasteiger partial charge >= 0.3 is 6.18 Å². The summed E-state index contributed by atoms with van der Waals surface area (Å²) in [6, 6.07) is 12.6. The maximum absolute atomic E-state index is 13.1. The molecule has 0 spiro atoms. The first-order valence-corrected chi connectivity index (χ1v) is 9.04. The van der Waals surface area contributed by atoms with E-state index >= 15 is 0 Å². The van der Waals surface area contributed by atoms with Gasteiger partial charge in [0, 0.05) is 30.0 Å². The van der Waals surface area contributed by atoms with Crippen LogP contribution in [-0.4, -0.2) is 35.3 Å². The highest BCUT2D eigenvalue weighted by Crippen LogP contribution is 2.64. The number of fused-ring (bicyclic) bond motifs is 2. The molecule has 5 nitrogen and oxygen atoms in total. The molecule has 4 saturated heterocycles. The fourth-order valence-electron chi connectivity index (χ4n) is 5.31. The van der Waals surface area contributed by atoms with Crippen LogP contribution in [0.2, 0.25) is 0 Å². The number of alkyl halides is 3. The molecule has 2 aromatic carbocycles. The zero-order valence-corrected chi connectivity index (χ0v) is 14.8. The Bertz CT molecular complexity index is 952. The van der Waals surface area contributed by atoms with Crippen molar-refractivity contribution >= 4 is 17.3 Å². The molecule has 1 aliphatic carbocycles. The van der Waals surface area contributed by atoms with Gasteiger partial charge in [0.15, 0.2) is 0 Å². The quantitative estimate of drug-likeness (QED) is 0.624. The summed E-state index contributed by atoms with van der Waals surface area (Å²) in [5.74, 6) is -0.564. The second-order valence-electron chi connectivity index (χ2n) is 8.01. The van der Waals surface area contributed by atoms with Crippen LogP contribution >= 0.6 is 0 Å².